The molecule has 33 heavy (non-hydrogen) atoms. The van der Waals surface area contributed by atoms with Crippen molar-refractivity contribution in [3.05, 3.63) is 74.7 Å². The van der Waals surface area contributed by atoms with Crippen LogP contribution in [-0.4, -0.2) is 12.1 Å². The Morgan fingerprint density at radius 2 is 1.91 bits per heavy atom. The highest BCUT2D eigenvalue weighted by Crippen LogP contribution is 2.66. The SMILES string of the molecule is CC12CCCCC1C2C(=O)N/N=C/c1cc(Br)c(OCc2cccc3ccccc23)c(Br)c1. The summed E-state index contributed by atoms with van der Waals surface area (Å²) in [7, 11) is 0. The number of nitrogens with zero attached hydrogens (tertiary/aromatic N) is 1. The van der Waals surface area contributed by atoms with Gasteiger partial charge in [-0.05, 0) is 90.1 Å². The fourth-order valence-electron chi connectivity index (χ4n) is 5.45. The van der Waals surface area contributed by atoms with Gasteiger partial charge in [-0.3, -0.25) is 4.79 Å². The number of benzene rings is 3. The van der Waals surface area contributed by atoms with Crippen LogP contribution in [0.2, 0.25) is 0 Å². The van der Waals surface area contributed by atoms with Crippen LogP contribution in [0.5, 0.6) is 5.75 Å². The molecule has 0 aromatic heterocycles. The second kappa shape index (κ2) is 9.22. The molecule has 4 nitrogen and oxygen atoms in total. The number of nitrogens with one attached hydrogen (secondary N) is 1. The number of amides is 1. The van der Waals surface area contributed by atoms with Crippen LogP contribution < -0.4 is 10.2 Å². The number of hydrogen-bond acceptors (Lipinski definition) is 3. The summed E-state index contributed by atoms with van der Waals surface area (Å²) < 4.78 is 7.81. The summed E-state index contributed by atoms with van der Waals surface area (Å²) in [6.45, 7) is 2.71. The van der Waals surface area contributed by atoms with Crippen LogP contribution in [-0.2, 0) is 11.4 Å². The molecular formula is C27H26Br2N2O2. The molecule has 2 aliphatic carbocycles. The smallest absolute Gasteiger partial charge is 0.244 e. The lowest BCUT2D eigenvalue weighted by Gasteiger charge is -2.15. The van der Waals surface area contributed by atoms with E-state index in [4.69, 9.17) is 4.74 Å². The predicted molar refractivity (Wildman–Crippen MR) is 139 cm³/mol. The van der Waals surface area contributed by atoms with E-state index >= 15 is 0 Å². The van der Waals surface area contributed by atoms with Crippen LogP contribution in [0.1, 0.15) is 43.7 Å². The van der Waals surface area contributed by atoms with Crippen molar-refractivity contribution in [1.82, 2.24) is 5.43 Å². The molecule has 0 spiro atoms. The molecule has 0 bridgehead atoms. The van der Waals surface area contributed by atoms with E-state index in [2.05, 4.69) is 79.6 Å². The van der Waals surface area contributed by atoms with Crippen molar-refractivity contribution in [3.8, 4) is 5.75 Å². The van der Waals surface area contributed by atoms with Gasteiger partial charge in [-0.2, -0.15) is 5.10 Å². The van der Waals surface area contributed by atoms with Gasteiger partial charge in [0.2, 0.25) is 5.91 Å². The Labute approximate surface area is 211 Å². The molecule has 1 N–H and O–H groups in total. The summed E-state index contributed by atoms with van der Waals surface area (Å²) >= 11 is 7.24. The Hall–Kier alpha value is -2.18. The van der Waals surface area contributed by atoms with Gasteiger partial charge in [-0.1, -0.05) is 62.2 Å². The summed E-state index contributed by atoms with van der Waals surface area (Å²) in [6.07, 6.45) is 6.47. The predicted octanol–water partition coefficient (Wildman–Crippen LogP) is 7.22. The van der Waals surface area contributed by atoms with E-state index in [9.17, 15) is 4.79 Å². The Balaban J connectivity index is 1.23. The molecule has 6 heteroatoms. The Bertz CT molecular complexity index is 1210. The number of rotatable bonds is 6. The van der Waals surface area contributed by atoms with Crippen molar-refractivity contribution >= 4 is 54.8 Å². The number of ether oxygens (including phenoxy) is 1. The minimum absolute atomic E-state index is 0.0498. The summed E-state index contributed by atoms with van der Waals surface area (Å²) in [5.74, 6) is 1.43. The van der Waals surface area contributed by atoms with E-state index < -0.39 is 0 Å². The van der Waals surface area contributed by atoms with Crippen LogP contribution >= 0.6 is 31.9 Å². The third kappa shape index (κ3) is 4.47. The lowest BCUT2D eigenvalue weighted by atomic mass is 9.90. The average molecular weight is 570 g/mol. The second-order valence-corrected chi connectivity index (χ2v) is 11.0. The maximum absolute atomic E-state index is 12.6. The average Bonchev–Trinajstić information content (AvgIpc) is 3.44. The van der Waals surface area contributed by atoms with Gasteiger partial charge in [0, 0.05) is 5.92 Å². The van der Waals surface area contributed by atoms with Crippen LogP contribution in [0.4, 0.5) is 0 Å². The summed E-state index contributed by atoms with van der Waals surface area (Å²) in [4.78, 5) is 12.6. The van der Waals surface area contributed by atoms with Crippen molar-refractivity contribution in [1.29, 1.82) is 0 Å². The highest BCUT2D eigenvalue weighted by molar-refractivity contribution is 9.11. The van der Waals surface area contributed by atoms with Crippen molar-refractivity contribution in [3.63, 3.8) is 0 Å². The molecule has 2 aliphatic rings. The molecule has 2 saturated carbocycles. The zero-order valence-electron chi connectivity index (χ0n) is 18.5. The van der Waals surface area contributed by atoms with Gasteiger partial charge in [0.25, 0.3) is 0 Å². The summed E-state index contributed by atoms with van der Waals surface area (Å²) in [6, 6.07) is 18.4. The first-order valence-electron chi connectivity index (χ1n) is 11.4. The first kappa shape index (κ1) is 22.6. The Kier molecular flexibility index (Phi) is 6.32. The monoisotopic (exact) mass is 568 g/mol. The van der Waals surface area contributed by atoms with Crippen molar-refractivity contribution in [2.24, 2.45) is 22.4 Å². The van der Waals surface area contributed by atoms with E-state index in [0.717, 1.165) is 32.2 Å². The van der Waals surface area contributed by atoms with Gasteiger partial charge < -0.3 is 4.74 Å². The lowest BCUT2D eigenvalue weighted by Crippen LogP contribution is -2.22. The van der Waals surface area contributed by atoms with Gasteiger partial charge in [-0.15, -0.1) is 0 Å². The molecule has 170 valence electrons. The van der Waals surface area contributed by atoms with Crippen LogP contribution in [0.15, 0.2) is 68.6 Å². The first-order chi connectivity index (χ1) is 16.0. The highest BCUT2D eigenvalue weighted by atomic mass is 79.9. The topological polar surface area (TPSA) is 50.7 Å². The molecule has 5 rings (SSSR count). The lowest BCUT2D eigenvalue weighted by molar-refractivity contribution is -0.123. The van der Waals surface area contributed by atoms with E-state index in [1.807, 2.05) is 24.3 Å². The van der Waals surface area contributed by atoms with Gasteiger partial charge in [0.1, 0.15) is 12.4 Å². The van der Waals surface area contributed by atoms with Gasteiger partial charge in [0.15, 0.2) is 0 Å². The quantitative estimate of drug-likeness (QED) is 0.252. The molecule has 3 aromatic carbocycles. The number of carbonyl (C=O) groups excluding carboxylic acids is 1. The molecule has 0 aliphatic heterocycles. The standard InChI is InChI=1S/C27H26Br2N2O2/c1-27-12-5-4-11-21(27)24(27)26(32)31-30-15-17-13-22(28)25(23(29)14-17)33-16-19-9-6-8-18-7-2-3-10-20(18)19/h2-3,6-10,13-15,21,24H,4-5,11-12,16H2,1H3,(H,31,32)/b30-15+. The largest absolute Gasteiger partial charge is 0.487 e. The normalized spacial score (nSPS) is 24.0. The van der Waals surface area contributed by atoms with Crippen molar-refractivity contribution in [2.75, 3.05) is 0 Å². The third-order valence-electron chi connectivity index (χ3n) is 7.27. The number of halogens is 2. The number of carbonyl (C=O) groups is 1. The van der Waals surface area contributed by atoms with Gasteiger partial charge in [-0.25, -0.2) is 5.43 Å². The maximum atomic E-state index is 12.6. The summed E-state index contributed by atoms with van der Waals surface area (Å²) in [5.41, 5.74) is 4.95. The number of fused-ring (bicyclic) bond motifs is 2. The minimum Gasteiger partial charge on any atom is -0.487 e. The third-order valence-corrected chi connectivity index (χ3v) is 8.45. The molecule has 3 atom stereocenters. The van der Waals surface area contributed by atoms with Crippen LogP contribution in [0.25, 0.3) is 10.8 Å². The molecule has 0 heterocycles. The fraction of sp³-hybridized carbons (Fsp3) is 0.333. The van der Waals surface area contributed by atoms with Crippen LogP contribution in [0.3, 0.4) is 0 Å². The maximum Gasteiger partial charge on any atom is 0.244 e. The molecule has 2 fully saturated rings. The zero-order chi connectivity index (χ0) is 23.0. The van der Waals surface area contributed by atoms with Crippen molar-refractivity contribution < 1.29 is 9.53 Å². The minimum atomic E-state index is 0.0498. The van der Waals surface area contributed by atoms with Gasteiger partial charge in [0.05, 0.1) is 15.2 Å². The number of hydrogen-bond donors (Lipinski definition) is 1. The Morgan fingerprint density at radius 3 is 2.67 bits per heavy atom. The molecular weight excluding hydrogens is 544 g/mol. The fourth-order valence-corrected chi connectivity index (χ4v) is 6.90. The Morgan fingerprint density at radius 1 is 1.15 bits per heavy atom. The van der Waals surface area contributed by atoms with E-state index in [-0.39, 0.29) is 17.2 Å². The van der Waals surface area contributed by atoms with E-state index in [0.29, 0.717) is 12.5 Å². The summed E-state index contributed by atoms with van der Waals surface area (Å²) in [5, 5.41) is 6.61. The van der Waals surface area contributed by atoms with Crippen LogP contribution in [0, 0.1) is 17.3 Å². The van der Waals surface area contributed by atoms with Crippen molar-refractivity contribution in [2.45, 2.75) is 39.2 Å². The highest BCUT2D eigenvalue weighted by Gasteiger charge is 2.64. The second-order valence-electron chi connectivity index (χ2n) is 9.31. The molecule has 0 radical (unpaired) electrons. The molecule has 3 unspecified atom stereocenters. The van der Waals surface area contributed by atoms with E-state index in [1.165, 1.54) is 30.0 Å². The first-order valence-corrected chi connectivity index (χ1v) is 13.0. The zero-order valence-corrected chi connectivity index (χ0v) is 21.7. The molecule has 1 amide bonds. The molecule has 3 aromatic rings. The van der Waals surface area contributed by atoms with E-state index in [1.54, 1.807) is 6.21 Å². The molecule has 0 saturated heterocycles. The van der Waals surface area contributed by atoms with Gasteiger partial charge >= 0.3 is 0 Å². The number of hydrazone groups is 1.